The number of hydrogen-bond acceptors (Lipinski definition) is 4. The lowest BCUT2D eigenvalue weighted by Crippen LogP contribution is -2.26. The SMILES string of the molecule is Cc1cccc(OC[C@H](O)Cn2c([C@H]3CC(=O)N(c4ccccc4)C3)nc3ccccc32)c1. The summed E-state index contributed by atoms with van der Waals surface area (Å²) in [6.45, 7) is 3.10. The van der Waals surface area contributed by atoms with Crippen LogP contribution in [0.3, 0.4) is 0 Å². The highest BCUT2D eigenvalue weighted by molar-refractivity contribution is 5.96. The lowest BCUT2D eigenvalue weighted by atomic mass is 10.1. The van der Waals surface area contributed by atoms with Gasteiger partial charge >= 0.3 is 0 Å². The predicted molar refractivity (Wildman–Crippen MR) is 129 cm³/mol. The van der Waals surface area contributed by atoms with Crippen molar-refractivity contribution >= 4 is 22.6 Å². The highest BCUT2D eigenvalue weighted by atomic mass is 16.5. The first kappa shape index (κ1) is 21.2. The smallest absolute Gasteiger partial charge is 0.227 e. The molecule has 6 heteroatoms. The minimum absolute atomic E-state index is 0.0463. The molecule has 5 rings (SSSR count). The summed E-state index contributed by atoms with van der Waals surface area (Å²) in [6.07, 6.45) is -0.321. The normalized spacial score (nSPS) is 17.0. The van der Waals surface area contributed by atoms with E-state index in [9.17, 15) is 9.90 Å². The van der Waals surface area contributed by atoms with Crippen LogP contribution in [0.1, 0.15) is 23.7 Å². The molecular formula is C27H27N3O3. The molecule has 1 saturated heterocycles. The molecule has 4 aromatic rings. The maximum absolute atomic E-state index is 12.8. The molecule has 0 saturated carbocycles. The van der Waals surface area contributed by atoms with Gasteiger partial charge in [-0.1, -0.05) is 42.5 Å². The molecule has 0 aliphatic carbocycles. The predicted octanol–water partition coefficient (Wildman–Crippen LogP) is 4.31. The van der Waals surface area contributed by atoms with Gasteiger partial charge in [0.15, 0.2) is 0 Å². The van der Waals surface area contributed by atoms with Crippen molar-refractivity contribution in [2.45, 2.75) is 31.9 Å². The van der Waals surface area contributed by atoms with Gasteiger partial charge in [-0.3, -0.25) is 4.79 Å². The maximum atomic E-state index is 12.8. The molecule has 1 aliphatic rings. The van der Waals surface area contributed by atoms with Gasteiger partial charge in [0, 0.05) is 24.6 Å². The number of carbonyl (C=O) groups excluding carboxylic acids is 1. The number of nitrogens with zero attached hydrogens (tertiary/aromatic N) is 3. The third-order valence-electron chi connectivity index (χ3n) is 6.07. The second kappa shape index (κ2) is 9.08. The average molecular weight is 442 g/mol. The van der Waals surface area contributed by atoms with Crippen molar-refractivity contribution in [3.63, 3.8) is 0 Å². The van der Waals surface area contributed by atoms with Crippen LogP contribution in [0.15, 0.2) is 78.9 Å². The van der Waals surface area contributed by atoms with Gasteiger partial charge in [0.2, 0.25) is 5.91 Å². The molecule has 33 heavy (non-hydrogen) atoms. The monoisotopic (exact) mass is 441 g/mol. The zero-order chi connectivity index (χ0) is 22.8. The number of aliphatic hydroxyl groups is 1. The number of aromatic nitrogens is 2. The summed E-state index contributed by atoms with van der Waals surface area (Å²) in [5.41, 5.74) is 3.83. The van der Waals surface area contributed by atoms with Crippen LogP contribution in [0.25, 0.3) is 11.0 Å². The average Bonchev–Trinajstić information content (AvgIpc) is 3.39. The van der Waals surface area contributed by atoms with E-state index in [2.05, 4.69) is 0 Å². The van der Waals surface area contributed by atoms with Gasteiger partial charge in [0.05, 0.1) is 17.6 Å². The largest absolute Gasteiger partial charge is 0.491 e. The number of rotatable bonds is 7. The Bertz CT molecular complexity index is 1270. The second-order valence-corrected chi connectivity index (χ2v) is 8.59. The standard InChI is InChI=1S/C27H27N3O3/c1-19-8-7-11-23(14-19)33-18-22(31)17-30-25-13-6-5-12-24(25)28-27(30)20-15-26(32)29(16-20)21-9-3-2-4-10-21/h2-14,20,22,31H,15-18H2,1H3/t20-,22+/m0/s1. The number of benzene rings is 3. The van der Waals surface area contributed by atoms with E-state index in [1.54, 1.807) is 0 Å². The molecule has 2 atom stereocenters. The first-order valence-electron chi connectivity index (χ1n) is 11.3. The molecule has 0 spiro atoms. The Kier molecular flexibility index (Phi) is 5.84. The van der Waals surface area contributed by atoms with E-state index in [1.807, 2.05) is 95.3 Å². The van der Waals surface area contributed by atoms with Gasteiger partial charge in [-0.15, -0.1) is 0 Å². The summed E-state index contributed by atoms with van der Waals surface area (Å²) in [4.78, 5) is 19.5. The first-order chi connectivity index (χ1) is 16.1. The Labute approximate surface area is 193 Å². The van der Waals surface area contributed by atoms with E-state index < -0.39 is 6.10 Å². The third kappa shape index (κ3) is 4.47. The minimum atomic E-state index is -0.718. The summed E-state index contributed by atoms with van der Waals surface area (Å²) in [6, 6.07) is 25.4. The van der Waals surface area contributed by atoms with E-state index in [0.717, 1.165) is 33.9 Å². The highest BCUT2D eigenvalue weighted by Gasteiger charge is 2.35. The molecule has 0 unspecified atom stereocenters. The van der Waals surface area contributed by atoms with Crippen molar-refractivity contribution in [1.82, 2.24) is 9.55 Å². The van der Waals surface area contributed by atoms with Gasteiger partial charge in [0.1, 0.15) is 24.3 Å². The number of para-hydroxylation sites is 3. The number of amides is 1. The fourth-order valence-corrected chi connectivity index (χ4v) is 4.50. The van der Waals surface area contributed by atoms with Crippen molar-refractivity contribution in [3.8, 4) is 5.75 Å². The Balaban J connectivity index is 1.38. The molecular weight excluding hydrogens is 414 g/mol. The Morgan fingerprint density at radius 3 is 2.67 bits per heavy atom. The number of hydrogen-bond donors (Lipinski definition) is 1. The van der Waals surface area contributed by atoms with Gasteiger partial charge < -0.3 is 19.3 Å². The molecule has 0 bridgehead atoms. The summed E-state index contributed by atoms with van der Waals surface area (Å²) in [7, 11) is 0. The number of fused-ring (bicyclic) bond motifs is 1. The number of aryl methyl sites for hydroxylation is 1. The fraction of sp³-hybridized carbons (Fsp3) is 0.259. The van der Waals surface area contributed by atoms with Crippen LogP contribution in [0.4, 0.5) is 5.69 Å². The van der Waals surface area contributed by atoms with Crippen molar-refractivity contribution < 1.29 is 14.6 Å². The maximum Gasteiger partial charge on any atom is 0.227 e. The molecule has 1 N–H and O–H groups in total. The summed E-state index contributed by atoms with van der Waals surface area (Å²) < 4.78 is 7.87. The van der Waals surface area contributed by atoms with Crippen molar-refractivity contribution in [2.75, 3.05) is 18.1 Å². The number of aliphatic hydroxyl groups excluding tert-OH is 1. The van der Waals surface area contributed by atoms with E-state index in [-0.39, 0.29) is 18.4 Å². The number of carbonyl (C=O) groups is 1. The lowest BCUT2D eigenvalue weighted by molar-refractivity contribution is -0.117. The molecule has 1 aliphatic heterocycles. The summed E-state index contributed by atoms with van der Waals surface area (Å²) in [5, 5.41) is 10.8. The number of imidazole rings is 1. The minimum Gasteiger partial charge on any atom is -0.491 e. The van der Waals surface area contributed by atoms with Gasteiger partial charge in [-0.25, -0.2) is 4.98 Å². The van der Waals surface area contributed by atoms with E-state index in [1.165, 1.54) is 0 Å². The summed E-state index contributed by atoms with van der Waals surface area (Å²) >= 11 is 0. The Hall–Kier alpha value is -3.64. The number of ether oxygens (including phenoxy) is 1. The Morgan fingerprint density at radius 1 is 1.06 bits per heavy atom. The zero-order valence-corrected chi connectivity index (χ0v) is 18.6. The zero-order valence-electron chi connectivity index (χ0n) is 18.6. The second-order valence-electron chi connectivity index (χ2n) is 8.59. The van der Waals surface area contributed by atoms with Gasteiger partial charge in [-0.05, 0) is 48.9 Å². The van der Waals surface area contributed by atoms with Crippen molar-refractivity contribution in [3.05, 3.63) is 90.3 Å². The molecule has 1 amide bonds. The first-order valence-corrected chi connectivity index (χ1v) is 11.3. The van der Waals surface area contributed by atoms with Gasteiger partial charge in [0.25, 0.3) is 0 Å². The molecule has 168 valence electrons. The van der Waals surface area contributed by atoms with Crippen molar-refractivity contribution in [2.24, 2.45) is 0 Å². The van der Waals surface area contributed by atoms with Crippen LogP contribution >= 0.6 is 0 Å². The van der Waals surface area contributed by atoms with E-state index in [4.69, 9.17) is 9.72 Å². The molecule has 1 aromatic heterocycles. The van der Waals surface area contributed by atoms with Crippen molar-refractivity contribution in [1.29, 1.82) is 0 Å². The highest BCUT2D eigenvalue weighted by Crippen LogP contribution is 2.33. The topological polar surface area (TPSA) is 67.6 Å². The third-order valence-corrected chi connectivity index (χ3v) is 6.07. The Morgan fingerprint density at radius 2 is 1.85 bits per heavy atom. The molecule has 1 fully saturated rings. The number of anilines is 1. The van der Waals surface area contributed by atoms with Crippen LogP contribution < -0.4 is 9.64 Å². The van der Waals surface area contributed by atoms with Crippen LogP contribution in [0, 0.1) is 6.92 Å². The quantitative estimate of drug-likeness (QED) is 0.464. The van der Waals surface area contributed by atoms with E-state index >= 15 is 0 Å². The molecule has 3 aromatic carbocycles. The fourth-order valence-electron chi connectivity index (χ4n) is 4.50. The van der Waals surface area contributed by atoms with Crippen LogP contribution in [-0.2, 0) is 11.3 Å². The van der Waals surface area contributed by atoms with E-state index in [0.29, 0.717) is 19.5 Å². The van der Waals surface area contributed by atoms with Crippen LogP contribution in [0.2, 0.25) is 0 Å². The van der Waals surface area contributed by atoms with Gasteiger partial charge in [-0.2, -0.15) is 0 Å². The van der Waals surface area contributed by atoms with Crippen LogP contribution in [-0.4, -0.2) is 39.8 Å². The molecule has 6 nitrogen and oxygen atoms in total. The molecule has 0 radical (unpaired) electrons. The molecule has 2 heterocycles. The summed E-state index contributed by atoms with van der Waals surface area (Å²) in [5.74, 6) is 1.62. The van der Waals surface area contributed by atoms with Crippen LogP contribution in [0.5, 0.6) is 5.75 Å². The lowest BCUT2D eigenvalue weighted by Gasteiger charge is -2.19.